The van der Waals surface area contributed by atoms with Crippen LogP contribution in [0.1, 0.15) is 5.56 Å². The van der Waals surface area contributed by atoms with Crippen molar-refractivity contribution >= 4 is 39.3 Å². The van der Waals surface area contributed by atoms with Crippen molar-refractivity contribution in [1.29, 1.82) is 0 Å². The first kappa shape index (κ1) is 18.6. The zero-order valence-electron chi connectivity index (χ0n) is 14.7. The molecule has 2 heterocycles. The molecule has 0 unspecified atom stereocenters. The molecule has 0 amide bonds. The molecular formula is C17H17BrN6O3. The summed E-state index contributed by atoms with van der Waals surface area (Å²) >= 11 is 3.33. The lowest BCUT2D eigenvalue weighted by molar-refractivity contribution is 0.474. The van der Waals surface area contributed by atoms with Crippen LogP contribution in [0.15, 0.2) is 50.0 Å². The molecule has 1 aromatic carbocycles. The van der Waals surface area contributed by atoms with Gasteiger partial charge in [-0.05, 0) is 18.2 Å². The minimum absolute atomic E-state index is 0.0691. The minimum Gasteiger partial charge on any atom is -0.507 e. The number of benzene rings is 1. The summed E-state index contributed by atoms with van der Waals surface area (Å²) in [5, 5.41) is 13.9. The number of nitrogens with zero attached hydrogens (tertiary/aromatic N) is 5. The first-order valence-corrected chi connectivity index (χ1v) is 8.69. The Kier molecular flexibility index (Phi) is 5.00. The van der Waals surface area contributed by atoms with Crippen molar-refractivity contribution in [3.63, 3.8) is 0 Å². The predicted molar refractivity (Wildman–Crippen MR) is 107 cm³/mol. The lowest BCUT2D eigenvalue weighted by atomic mass is 10.2. The van der Waals surface area contributed by atoms with E-state index in [1.54, 1.807) is 29.8 Å². The summed E-state index contributed by atoms with van der Waals surface area (Å²) in [6.07, 6.45) is 3.04. The van der Waals surface area contributed by atoms with Gasteiger partial charge in [0.25, 0.3) is 5.56 Å². The molecule has 0 saturated heterocycles. The number of phenols is 1. The standard InChI is InChI=1S/C17H17BrN6O3/c1-4-7-24-13-14(22(2)17(27)23(3)15(13)26)20-16(24)21-19-9-10-8-11(18)5-6-12(10)25/h4-6,8-9,25H,1,7H2,2-3H3,(H,20,21)/b19-9+. The zero-order chi connectivity index (χ0) is 19.7. The second kappa shape index (κ2) is 7.23. The summed E-state index contributed by atoms with van der Waals surface area (Å²) in [4.78, 5) is 29.0. The van der Waals surface area contributed by atoms with E-state index in [9.17, 15) is 14.7 Å². The van der Waals surface area contributed by atoms with Crippen LogP contribution in [0.5, 0.6) is 5.75 Å². The third kappa shape index (κ3) is 3.31. The van der Waals surface area contributed by atoms with E-state index >= 15 is 0 Å². The van der Waals surface area contributed by atoms with Crippen LogP contribution >= 0.6 is 15.9 Å². The number of nitrogens with one attached hydrogen (secondary N) is 1. The molecule has 27 heavy (non-hydrogen) atoms. The summed E-state index contributed by atoms with van der Waals surface area (Å²) < 4.78 is 4.70. The number of hydrogen-bond donors (Lipinski definition) is 2. The van der Waals surface area contributed by atoms with Gasteiger partial charge in [0.2, 0.25) is 5.95 Å². The number of imidazole rings is 1. The number of aromatic nitrogens is 4. The molecule has 0 aliphatic rings. The van der Waals surface area contributed by atoms with Crippen LogP contribution in [0.2, 0.25) is 0 Å². The van der Waals surface area contributed by atoms with Crippen LogP contribution in [-0.2, 0) is 20.6 Å². The molecule has 0 radical (unpaired) electrons. The average molecular weight is 433 g/mol. The Hall–Kier alpha value is -3.14. The van der Waals surface area contributed by atoms with Crippen LogP contribution in [-0.4, -0.2) is 30.0 Å². The number of halogens is 1. The van der Waals surface area contributed by atoms with Crippen molar-refractivity contribution in [3.05, 3.63) is 61.7 Å². The number of hydrazone groups is 1. The van der Waals surface area contributed by atoms with Crippen LogP contribution in [0.25, 0.3) is 11.2 Å². The number of rotatable bonds is 5. The van der Waals surface area contributed by atoms with E-state index in [0.717, 1.165) is 9.04 Å². The predicted octanol–water partition coefficient (Wildman–Crippen LogP) is 1.53. The van der Waals surface area contributed by atoms with Gasteiger partial charge in [0, 0.05) is 30.7 Å². The SMILES string of the molecule is C=CCn1c(N/N=C/c2cc(Br)ccc2O)nc2c1c(=O)n(C)c(=O)n2C. The molecule has 0 bridgehead atoms. The van der Waals surface area contributed by atoms with E-state index in [4.69, 9.17) is 0 Å². The Morgan fingerprint density at radius 1 is 1.33 bits per heavy atom. The number of phenolic OH excluding ortho intramolecular Hbond substituents is 1. The Labute approximate surface area is 162 Å². The largest absolute Gasteiger partial charge is 0.507 e. The van der Waals surface area contributed by atoms with E-state index in [-0.39, 0.29) is 22.9 Å². The maximum Gasteiger partial charge on any atom is 0.332 e. The highest BCUT2D eigenvalue weighted by atomic mass is 79.9. The molecule has 0 atom stereocenters. The highest BCUT2D eigenvalue weighted by Crippen LogP contribution is 2.20. The molecule has 10 heteroatoms. The fraction of sp³-hybridized carbons (Fsp3) is 0.176. The number of aromatic hydroxyl groups is 1. The molecule has 0 aliphatic heterocycles. The highest BCUT2D eigenvalue weighted by Gasteiger charge is 2.18. The van der Waals surface area contributed by atoms with E-state index in [1.807, 2.05) is 0 Å². The number of aryl methyl sites for hydroxylation is 1. The smallest absolute Gasteiger partial charge is 0.332 e. The lowest BCUT2D eigenvalue weighted by Gasteiger charge is -2.06. The molecule has 3 aromatic rings. The van der Waals surface area contributed by atoms with E-state index in [2.05, 4.69) is 38.0 Å². The molecule has 9 nitrogen and oxygen atoms in total. The topological polar surface area (TPSA) is 106 Å². The minimum atomic E-state index is -0.468. The van der Waals surface area contributed by atoms with Gasteiger partial charge in [0.05, 0.1) is 6.21 Å². The maximum atomic E-state index is 12.5. The average Bonchev–Trinajstić information content (AvgIpc) is 3.00. The van der Waals surface area contributed by atoms with Crippen molar-refractivity contribution < 1.29 is 5.11 Å². The van der Waals surface area contributed by atoms with Gasteiger partial charge in [-0.2, -0.15) is 10.1 Å². The van der Waals surface area contributed by atoms with Crippen LogP contribution < -0.4 is 16.7 Å². The molecule has 2 aromatic heterocycles. The fourth-order valence-corrected chi connectivity index (χ4v) is 3.01. The fourth-order valence-electron chi connectivity index (χ4n) is 2.63. The summed E-state index contributed by atoms with van der Waals surface area (Å²) in [5.74, 6) is 0.341. The third-order valence-corrected chi connectivity index (χ3v) is 4.51. The normalized spacial score (nSPS) is 11.4. The van der Waals surface area contributed by atoms with Gasteiger partial charge in [-0.1, -0.05) is 22.0 Å². The van der Waals surface area contributed by atoms with Gasteiger partial charge >= 0.3 is 5.69 Å². The molecule has 3 rings (SSSR count). The molecule has 140 valence electrons. The maximum absolute atomic E-state index is 12.5. The first-order chi connectivity index (χ1) is 12.8. The first-order valence-electron chi connectivity index (χ1n) is 7.90. The van der Waals surface area contributed by atoms with Crippen LogP contribution in [0.3, 0.4) is 0 Å². The van der Waals surface area contributed by atoms with E-state index in [1.165, 1.54) is 23.9 Å². The summed E-state index contributed by atoms with van der Waals surface area (Å²) in [7, 11) is 2.96. The van der Waals surface area contributed by atoms with E-state index < -0.39 is 11.2 Å². The Bertz CT molecular complexity index is 1190. The van der Waals surface area contributed by atoms with Crippen LogP contribution in [0.4, 0.5) is 5.95 Å². The number of hydrogen-bond acceptors (Lipinski definition) is 6. The number of fused-ring (bicyclic) bond motifs is 1. The monoisotopic (exact) mass is 432 g/mol. The Morgan fingerprint density at radius 2 is 2.07 bits per heavy atom. The van der Waals surface area contributed by atoms with Gasteiger partial charge in [0.1, 0.15) is 5.75 Å². The zero-order valence-corrected chi connectivity index (χ0v) is 16.3. The van der Waals surface area contributed by atoms with Gasteiger partial charge < -0.3 is 5.11 Å². The van der Waals surface area contributed by atoms with Gasteiger partial charge in [-0.15, -0.1) is 6.58 Å². The Balaban J connectivity index is 2.09. The summed E-state index contributed by atoms with van der Waals surface area (Å²) in [6, 6.07) is 4.95. The van der Waals surface area contributed by atoms with Crippen molar-refractivity contribution in [3.8, 4) is 5.75 Å². The number of anilines is 1. The Morgan fingerprint density at radius 3 is 2.78 bits per heavy atom. The molecule has 2 N–H and O–H groups in total. The second-order valence-corrected chi connectivity index (χ2v) is 6.70. The molecule has 0 saturated carbocycles. The van der Waals surface area contributed by atoms with Gasteiger partial charge in [-0.3, -0.25) is 18.5 Å². The summed E-state index contributed by atoms with van der Waals surface area (Å²) in [6.45, 7) is 3.99. The van der Waals surface area contributed by atoms with Crippen molar-refractivity contribution in [2.45, 2.75) is 6.54 Å². The van der Waals surface area contributed by atoms with Crippen molar-refractivity contribution in [2.75, 3.05) is 5.43 Å². The molecule has 0 spiro atoms. The molecular weight excluding hydrogens is 416 g/mol. The van der Waals surface area contributed by atoms with Crippen LogP contribution in [0, 0.1) is 0 Å². The third-order valence-electron chi connectivity index (χ3n) is 4.02. The van der Waals surface area contributed by atoms with Crippen molar-refractivity contribution in [2.24, 2.45) is 19.2 Å². The lowest BCUT2D eigenvalue weighted by Crippen LogP contribution is -2.37. The quantitative estimate of drug-likeness (QED) is 0.361. The summed E-state index contributed by atoms with van der Waals surface area (Å²) in [5.41, 5.74) is 2.84. The molecule has 0 fully saturated rings. The number of allylic oxidation sites excluding steroid dienone is 1. The van der Waals surface area contributed by atoms with Gasteiger partial charge in [-0.25, -0.2) is 10.2 Å². The van der Waals surface area contributed by atoms with E-state index in [0.29, 0.717) is 12.1 Å². The highest BCUT2D eigenvalue weighted by molar-refractivity contribution is 9.10. The molecule has 0 aliphatic carbocycles. The van der Waals surface area contributed by atoms with Gasteiger partial charge in [0.15, 0.2) is 11.2 Å². The van der Waals surface area contributed by atoms with Crippen molar-refractivity contribution in [1.82, 2.24) is 18.7 Å². The second-order valence-electron chi connectivity index (χ2n) is 5.79.